The van der Waals surface area contributed by atoms with E-state index in [0.717, 1.165) is 30.2 Å². The maximum Gasteiger partial charge on any atom is 0.273 e. The highest BCUT2D eigenvalue weighted by Crippen LogP contribution is 2.53. The van der Waals surface area contributed by atoms with E-state index in [-0.39, 0.29) is 35.0 Å². The van der Waals surface area contributed by atoms with Crippen molar-refractivity contribution in [3.63, 3.8) is 0 Å². The van der Waals surface area contributed by atoms with Crippen LogP contribution in [0, 0.1) is 6.92 Å². The van der Waals surface area contributed by atoms with Crippen LogP contribution in [0.4, 0.5) is 4.39 Å². The van der Waals surface area contributed by atoms with Crippen LogP contribution in [0.5, 0.6) is 0 Å². The van der Waals surface area contributed by atoms with Crippen molar-refractivity contribution >= 4 is 21.2 Å². The van der Waals surface area contributed by atoms with Gasteiger partial charge in [0.15, 0.2) is 5.82 Å². The smallest absolute Gasteiger partial charge is 0.273 e. The van der Waals surface area contributed by atoms with Gasteiger partial charge in [0.05, 0.1) is 29.1 Å². The lowest BCUT2D eigenvalue weighted by Crippen LogP contribution is -2.15. The van der Waals surface area contributed by atoms with Gasteiger partial charge in [0.25, 0.3) is 5.89 Å². The maximum atomic E-state index is 13.9. The van der Waals surface area contributed by atoms with E-state index in [1.54, 1.807) is 0 Å². The SMILES string of the molecule is Cc1ccccc1C1(c2noc(/C(N)=C/C(=NCCS(C)(=O)=O)C(C)F)n2)CC1. The Balaban J connectivity index is 1.84. The molecule has 2 N–H and O–H groups in total. The molecule has 0 saturated heterocycles. The van der Waals surface area contributed by atoms with Gasteiger partial charge in [-0.1, -0.05) is 29.4 Å². The monoisotopic (exact) mass is 420 g/mol. The zero-order valence-electron chi connectivity index (χ0n) is 16.7. The second-order valence-electron chi connectivity index (χ2n) is 7.47. The van der Waals surface area contributed by atoms with E-state index in [4.69, 9.17) is 10.3 Å². The van der Waals surface area contributed by atoms with E-state index in [1.165, 1.54) is 13.0 Å². The van der Waals surface area contributed by atoms with Gasteiger partial charge < -0.3 is 10.3 Å². The Hall–Kier alpha value is -2.55. The number of nitrogens with zero attached hydrogens (tertiary/aromatic N) is 3. The first kappa shape index (κ1) is 21.2. The predicted molar refractivity (Wildman–Crippen MR) is 110 cm³/mol. The summed E-state index contributed by atoms with van der Waals surface area (Å²) in [6, 6.07) is 8.08. The van der Waals surface area contributed by atoms with Gasteiger partial charge in [-0.15, -0.1) is 0 Å². The van der Waals surface area contributed by atoms with Crippen LogP contribution in [-0.4, -0.2) is 49.0 Å². The molecule has 156 valence electrons. The minimum Gasteiger partial charge on any atom is -0.394 e. The third kappa shape index (κ3) is 4.90. The van der Waals surface area contributed by atoms with Crippen LogP contribution in [0.15, 0.2) is 39.9 Å². The first-order valence-corrected chi connectivity index (χ1v) is 11.4. The fourth-order valence-electron chi connectivity index (χ4n) is 3.23. The van der Waals surface area contributed by atoms with Gasteiger partial charge in [0, 0.05) is 6.26 Å². The summed E-state index contributed by atoms with van der Waals surface area (Å²) in [5.41, 5.74) is 8.21. The largest absolute Gasteiger partial charge is 0.394 e. The van der Waals surface area contributed by atoms with Gasteiger partial charge in [-0.3, -0.25) is 4.99 Å². The molecular weight excluding hydrogens is 395 g/mol. The third-order valence-corrected chi connectivity index (χ3v) is 5.90. The van der Waals surface area contributed by atoms with E-state index in [9.17, 15) is 12.8 Å². The number of benzene rings is 1. The van der Waals surface area contributed by atoms with Crippen molar-refractivity contribution in [2.75, 3.05) is 18.6 Å². The second kappa shape index (κ2) is 8.06. The number of rotatable bonds is 8. The van der Waals surface area contributed by atoms with Crippen LogP contribution >= 0.6 is 0 Å². The first-order valence-electron chi connectivity index (χ1n) is 9.36. The highest BCUT2D eigenvalue weighted by Gasteiger charge is 2.50. The molecule has 3 rings (SSSR count). The zero-order valence-corrected chi connectivity index (χ0v) is 17.5. The number of hydrogen-bond donors (Lipinski definition) is 1. The molecular formula is C20H25FN4O3S. The number of aromatic nitrogens is 2. The van der Waals surface area contributed by atoms with Crippen LogP contribution in [0.1, 0.15) is 42.6 Å². The number of allylic oxidation sites excluding steroid dienone is 1. The van der Waals surface area contributed by atoms with E-state index >= 15 is 0 Å². The van der Waals surface area contributed by atoms with Gasteiger partial charge in [-0.05, 0) is 43.9 Å². The Morgan fingerprint density at radius 2 is 2.10 bits per heavy atom. The summed E-state index contributed by atoms with van der Waals surface area (Å²) in [4.78, 5) is 8.47. The van der Waals surface area contributed by atoms with Crippen molar-refractivity contribution in [2.24, 2.45) is 10.7 Å². The van der Waals surface area contributed by atoms with Crippen LogP contribution in [0.25, 0.3) is 5.70 Å². The van der Waals surface area contributed by atoms with Crippen molar-refractivity contribution in [2.45, 2.75) is 38.3 Å². The van der Waals surface area contributed by atoms with Crippen LogP contribution in [0.3, 0.4) is 0 Å². The van der Waals surface area contributed by atoms with Crippen LogP contribution < -0.4 is 5.73 Å². The summed E-state index contributed by atoms with van der Waals surface area (Å²) >= 11 is 0. The summed E-state index contributed by atoms with van der Waals surface area (Å²) in [5, 5.41) is 4.12. The number of hydrogen-bond acceptors (Lipinski definition) is 7. The second-order valence-corrected chi connectivity index (χ2v) is 9.73. The molecule has 29 heavy (non-hydrogen) atoms. The molecule has 0 amide bonds. The lowest BCUT2D eigenvalue weighted by atomic mass is 9.91. The lowest BCUT2D eigenvalue weighted by Gasteiger charge is -2.13. The number of aryl methyl sites for hydroxylation is 1. The highest BCUT2D eigenvalue weighted by molar-refractivity contribution is 7.90. The predicted octanol–water partition coefficient (Wildman–Crippen LogP) is 2.60. The summed E-state index contributed by atoms with van der Waals surface area (Å²) in [7, 11) is -3.18. The summed E-state index contributed by atoms with van der Waals surface area (Å²) in [6.45, 7) is 3.31. The molecule has 0 aliphatic heterocycles. The van der Waals surface area contributed by atoms with E-state index in [0.29, 0.717) is 5.82 Å². The third-order valence-electron chi connectivity index (χ3n) is 4.98. The molecule has 1 fully saturated rings. The Labute approximate surface area is 169 Å². The van der Waals surface area contributed by atoms with Gasteiger partial charge >= 0.3 is 0 Å². The van der Waals surface area contributed by atoms with Gasteiger partial charge in [-0.25, -0.2) is 12.8 Å². The van der Waals surface area contributed by atoms with Crippen molar-refractivity contribution in [3.05, 3.63) is 53.2 Å². The fraction of sp³-hybridized carbons (Fsp3) is 0.450. The van der Waals surface area contributed by atoms with E-state index in [2.05, 4.69) is 21.2 Å². The molecule has 9 heteroatoms. The molecule has 1 atom stereocenters. The van der Waals surface area contributed by atoms with Crippen molar-refractivity contribution in [3.8, 4) is 0 Å². The molecule has 1 aromatic heterocycles. The number of sulfone groups is 1. The number of halogens is 1. The average Bonchev–Trinajstić information content (AvgIpc) is 3.28. The fourth-order valence-corrected chi connectivity index (χ4v) is 3.65. The molecule has 1 aromatic carbocycles. The Morgan fingerprint density at radius 3 is 2.69 bits per heavy atom. The van der Waals surface area contributed by atoms with Crippen molar-refractivity contribution in [1.82, 2.24) is 10.1 Å². The molecule has 1 aliphatic rings. The molecule has 1 heterocycles. The minimum absolute atomic E-state index is 0.0333. The highest BCUT2D eigenvalue weighted by atomic mass is 32.2. The standard InChI is InChI=1S/C20H25FN4O3S/c1-13-6-4-5-7-15(13)20(8-9-20)19-24-18(28-25-19)16(22)12-17(14(2)21)23-10-11-29(3,26)27/h4-7,12,14H,8-11,22H2,1-3H3/b16-12-,23-17?. The molecule has 0 spiro atoms. The lowest BCUT2D eigenvalue weighted by molar-refractivity contribution is 0.396. The summed E-state index contributed by atoms with van der Waals surface area (Å²) in [5.74, 6) is 0.485. The molecule has 1 unspecified atom stereocenters. The first-order chi connectivity index (χ1) is 13.6. The Kier molecular flexibility index (Phi) is 5.88. The minimum atomic E-state index is -3.18. The molecule has 2 aromatic rings. The summed E-state index contributed by atoms with van der Waals surface area (Å²) in [6.07, 6.45) is 2.84. The average molecular weight is 421 g/mol. The molecule has 1 saturated carbocycles. The van der Waals surface area contributed by atoms with Crippen LogP contribution in [0.2, 0.25) is 0 Å². The molecule has 0 bridgehead atoms. The van der Waals surface area contributed by atoms with E-state index < -0.39 is 16.0 Å². The summed E-state index contributed by atoms with van der Waals surface area (Å²) < 4.78 is 41.7. The molecule has 7 nitrogen and oxygen atoms in total. The van der Waals surface area contributed by atoms with Gasteiger partial charge in [0.2, 0.25) is 0 Å². The number of nitrogens with two attached hydrogens (primary N) is 1. The molecule has 0 radical (unpaired) electrons. The quantitative estimate of drug-likeness (QED) is 0.657. The van der Waals surface area contributed by atoms with Crippen molar-refractivity contribution < 1.29 is 17.3 Å². The zero-order chi connectivity index (χ0) is 21.2. The van der Waals surface area contributed by atoms with Crippen molar-refractivity contribution in [1.29, 1.82) is 0 Å². The maximum absolute atomic E-state index is 13.9. The Bertz CT molecular complexity index is 1050. The number of aliphatic imine (C=N–C) groups is 1. The van der Waals surface area contributed by atoms with E-state index in [1.807, 2.05) is 25.1 Å². The topological polar surface area (TPSA) is 111 Å². The molecule has 1 aliphatic carbocycles. The number of alkyl halides is 1. The van der Waals surface area contributed by atoms with Gasteiger partial charge in [0.1, 0.15) is 16.0 Å². The van der Waals surface area contributed by atoms with Gasteiger partial charge in [-0.2, -0.15) is 4.98 Å². The van der Waals surface area contributed by atoms with Crippen LogP contribution in [-0.2, 0) is 15.3 Å². The Morgan fingerprint density at radius 1 is 1.41 bits per heavy atom. The normalized spacial score (nSPS) is 17.9.